The van der Waals surface area contributed by atoms with E-state index >= 15 is 0 Å². The number of hydrogen-bond acceptors (Lipinski definition) is 5. The Bertz CT molecular complexity index is 640. The van der Waals surface area contributed by atoms with Gasteiger partial charge in [-0.1, -0.05) is 19.1 Å². The Morgan fingerprint density at radius 1 is 1.33 bits per heavy atom. The van der Waals surface area contributed by atoms with Gasteiger partial charge in [-0.15, -0.1) is 11.3 Å². The fourth-order valence-electron chi connectivity index (χ4n) is 3.54. The van der Waals surface area contributed by atoms with Gasteiger partial charge in [0.05, 0.1) is 12.1 Å². The molecule has 1 aromatic heterocycles. The summed E-state index contributed by atoms with van der Waals surface area (Å²) in [5.41, 5.74) is 1.38. The molecule has 0 spiro atoms. The minimum absolute atomic E-state index is 0.482. The van der Waals surface area contributed by atoms with Crippen LogP contribution in [0.4, 0.5) is 0 Å². The molecule has 0 radical (unpaired) electrons. The normalized spacial score (nSPS) is 21.3. The Kier molecular flexibility index (Phi) is 5.87. The lowest BCUT2D eigenvalue weighted by Crippen LogP contribution is -2.28. The first-order chi connectivity index (χ1) is 11.7. The van der Waals surface area contributed by atoms with Gasteiger partial charge in [-0.25, -0.2) is 4.98 Å². The Morgan fingerprint density at radius 3 is 2.79 bits per heavy atom. The predicted octanol–water partition coefficient (Wildman–Crippen LogP) is 3.50. The lowest BCUT2D eigenvalue weighted by molar-refractivity contribution is 0.272. The second-order valence-corrected chi connectivity index (χ2v) is 7.65. The predicted molar refractivity (Wildman–Crippen MR) is 99.7 cm³/mol. The van der Waals surface area contributed by atoms with Crippen LogP contribution in [0.2, 0.25) is 0 Å². The standard InChI is InChI=1S/C19H27N3OS/c1-4-18-21-13-17(24-18)12-20-11-15-9-10-22(2)19(15)14-5-7-16(23-3)8-6-14/h5-8,13,15,19-20H,4,9-12H2,1-3H3/t15-,19+/m0/s1. The van der Waals surface area contributed by atoms with Gasteiger partial charge in [-0.3, -0.25) is 4.90 Å². The first-order valence-corrected chi connectivity index (χ1v) is 9.51. The van der Waals surface area contributed by atoms with Crippen molar-refractivity contribution < 1.29 is 4.74 Å². The Hall–Kier alpha value is -1.43. The fraction of sp³-hybridized carbons (Fsp3) is 0.526. The SMILES string of the molecule is CCc1ncc(CNC[C@@H]2CCN(C)[C@@H]2c2ccc(OC)cc2)s1. The first kappa shape index (κ1) is 17.4. The highest BCUT2D eigenvalue weighted by Gasteiger charge is 2.32. The van der Waals surface area contributed by atoms with Gasteiger partial charge in [0.2, 0.25) is 0 Å². The summed E-state index contributed by atoms with van der Waals surface area (Å²) in [5.74, 6) is 1.56. The molecule has 0 unspecified atom stereocenters. The Labute approximate surface area is 148 Å². The average Bonchev–Trinajstić information content (AvgIpc) is 3.22. The van der Waals surface area contributed by atoms with Gasteiger partial charge >= 0.3 is 0 Å². The lowest BCUT2D eigenvalue weighted by atomic mass is 9.93. The molecule has 0 amide bonds. The van der Waals surface area contributed by atoms with Crippen LogP contribution in [0.1, 0.15) is 34.8 Å². The highest BCUT2D eigenvalue weighted by molar-refractivity contribution is 7.11. The maximum atomic E-state index is 5.28. The third kappa shape index (κ3) is 3.97. The molecule has 2 atom stereocenters. The van der Waals surface area contributed by atoms with Crippen LogP contribution in [0.15, 0.2) is 30.5 Å². The number of thiazole rings is 1. The van der Waals surface area contributed by atoms with Crippen LogP contribution in [-0.2, 0) is 13.0 Å². The van der Waals surface area contributed by atoms with Crippen molar-refractivity contribution in [3.63, 3.8) is 0 Å². The summed E-state index contributed by atoms with van der Waals surface area (Å²) in [7, 11) is 3.94. The number of aromatic nitrogens is 1. The van der Waals surface area contributed by atoms with E-state index in [0.29, 0.717) is 12.0 Å². The maximum Gasteiger partial charge on any atom is 0.118 e. The maximum absolute atomic E-state index is 5.28. The van der Waals surface area contributed by atoms with Crippen molar-refractivity contribution >= 4 is 11.3 Å². The molecule has 1 aromatic carbocycles. The third-order valence-electron chi connectivity index (χ3n) is 4.84. The van der Waals surface area contributed by atoms with Crippen molar-refractivity contribution in [2.24, 2.45) is 5.92 Å². The minimum atomic E-state index is 0.482. The number of nitrogens with one attached hydrogen (secondary N) is 1. The molecule has 0 saturated carbocycles. The number of ether oxygens (including phenoxy) is 1. The number of aryl methyl sites for hydroxylation is 1. The molecule has 1 N–H and O–H groups in total. The second kappa shape index (κ2) is 8.10. The zero-order valence-corrected chi connectivity index (χ0v) is 15.6. The molecule has 130 valence electrons. The molecule has 2 heterocycles. The van der Waals surface area contributed by atoms with E-state index in [9.17, 15) is 0 Å². The Balaban J connectivity index is 1.59. The zero-order chi connectivity index (χ0) is 16.9. The van der Waals surface area contributed by atoms with E-state index in [2.05, 4.69) is 53.4 Å². The van der Waals surface area contributed by atoms with Crippen molar-refractivity contribution in [2.75, 3.05) is 27.2 Å². The molecule has 5 heteroatoms. The van der Waals surface area contributed by atoms with Crippen LogP contribution in [0.5, 0.6) is 5.75 Å². The van der Waals surface area contributed by atoms with E-state index in [1.807, 2.05) is 17.5 Å². The number of benzene rings is 1. The van der Waals surface area contributed by atoms with Crippen LogP contribution in [-0.4, -0.2) is 37.1 Å². The van der Waals surface area contributed by atoms with Gasteiger partial charge < -0.3 is 10.1 Å². The van der Waals surface area contributed by atoms with Gasteiger partial charge in [-0.05, 0) is 50.0 Å². The summed E-state index contributed by atoms with van der Waals surface area (Å²) in [6.45, 7) is 5.28. The van der Waals surface area contributed by atoms with E-state index in [1.54, 1.807) is 7.11 Å². The molecule has 1 saturated heterocycles. The van der Waals surface area contributed by atoms with E-state index < -0.39 is 0 Å². The number of hydrogen-bond donors (Lipinski definition) is 1. The lowest BCUT2D eigenvalue weighted by Gasteiger charge is -2.26. The van der Waals surface area contributed by atoms with E-state index in [4.69, 9.17) is 4.74 Å². The molecule has 0 aliphatic carbocycles. The van der Waals surface area contributed by atoms with Gasteiger partial charge in [0.15, 0.2) is 0 Å². The molecule has 0 bridgehead atoms. The number of rotatable bonds is 7. The van der Waals surface area contributed by atoms with Crippen LogP contribution in [0, 0.1) is 5.92 Å². The summed E-state index contributed by atoms with van der Waals surface area (Å²) in [5, 5.41) is 4.87. The summed E-state index contributed by atoms with van der Waals surface area (Å²) >= 11 is 1.82. The molecule has 1 aliphatic rings. The first-order valence-electron chi connectivity index (χ1n) is 8.69. The second-order valence-electron chi connectivity index (χ2n) is 6.45. The van der Waals surface area contributed by atoms with Crippen molar-refractivity contribution in [1.29, 1.82) is 0 Å². The fourth-order valence-corrected chi connectivity index (χ4v) is 4.37. The summed E-state index contributed by atoms with van der Waals surface area (Å²) in [6, 6.07) is 9.02. The highest BCUT2D eigenvalue weighted by atomic mass is 32.1. The van der Waals surface area contributed by atoms with E-state index in [0.717, 1.165) is 31.8 Å². The van der Waals surface area contributed by atoms with Gasteiger partial charge in [0.1, 0.15) is 5.75 Å². The third-order valence-corrected chi connectivity index (χ3v) is 5.98. The molecule has 1 fully saturated rings. The quantitative estimate of drug-likeness (QED) is 0.833. The molecule has 3 rings (SSSR count). The average molecular weight is 346 g/mol. The zero-order valence-electron chi connectivity index (χ0n) is 14.8. The Morgan fingerprint density at radius 2 is 2.12 bits per heavy atom. The van der Waals surface area contributed by atoms with Gasteiger partial charge in [0.25, 0.3) is 0 Å². The van der Waals surface area contributed by atoms with Crippen LogP contribution >= 0.6 is 11.3 Å². The van der Waals surface area contributed by atoms with Crippen molar-refractivity contribution in [3.05, 3.63) is 45.9 Å². The largest absolute Gasteiger partial charge is 0.497 e. The molecule has 24 heavy (non-hydrogen) atoms. The van der Waals surface area contributed by atoms with E-state index in [1.165, 1.54) is 21.9 Å². The highest BCUT2D eigenvalue weighted by Crippen LogP contribution is 2.36. The summed E-state index contributed by atoms with van der Waals surface area (Å²) in [4.78, 5) is 8.24. The van der Waals surface area contributed by atoms with Gasteiger partial charge in [-0.2, -0.15) is 0 Å². The van der Waals surface area contributed by atoms with E-state index in [-0.39, 0.29) is 0 Å². The summed E-state index contributed by atoms with van der Waals surface area (Å²) in [6.07, 6.45) is 4.28. The molecular formula is C19H27N3OS. The van der Waals surface area contributed by atoms with Crippen molar-refractivity contribution in [2.45, 2.75) is 32.4 Å². The molecule has 2 aromatic rings. The molecule has 1 aliphatic heterocycles. The van der Waals surface area contributed by atoms with Crippen molar-refractivity contribution in [1.82, 2.24) is 15.2 Å². The topological polar surface area (TPSA) is 37.4 Å². The molecular weight excluding hydrogens is 318 g/mol. The molecule has 4 nitrogen and oxygen atoms in total. The van der Waals surface area contributed by atoms with Crippen LogP contribution in [0.25, 0.3) is 0 Å². The summed E-state index contributed by atoms with van der Waals surface area (Å²) < 4.78 is 5.28. The number of nitrogens with zero attached hydrogens (tertiary/aromatic N) is 2. The number of methoxy groups -OCH3 is 1. The minimum Gasteiger partial charge on any atom is -0.497 e. The van der Waals surface area contributed by atoms with Crippen LogP contribution in [0.3, 0.4) is 0 Å². The van der Waals surface area contributed by atoms with Crippen LogP contribution < -0.4 is 10.1 Å². The smallest absolute Gasteiger partial charge is 0.118 e. The monoisotopic (exact) mass is 345 g/mol. The number of likely N-dealkylation sites (tertiary alicyclic amines) is 1. The van der Waals surface area contributed by atoms with Crippen molar-refractivity contribution in [3.8, 4) is 5.75 Å². The van der Waals surface area contributed by atoms with Gasteiger partial charge in [0, 0.05) is 30.2 Å².